The maximum Gasteiger partial charge on any atom is 0.0661 e. The molecule has 102 valence electrons. The van der Waals surface area contributed by atoms with Crippen LogP contribution in [0.5, 0.6) is 0 Å². The first-order chi connectivity index (χ1) is 8.44. The van der Waals surface area contributed by atoms with Crippen LogP contribution in [0.4, 0.5) is 0 Å². The third-order valence-electron chi connectivity index (χ3n) is 3.19. The van der Waals surface area contributed by atoms with E-state index in [9.17, 15) is 0 Å². The van der Waals surface area contributed by atoms with Crippen molar-refractivity contribution in [2.24, 2.45) is 5.41 Å². The highest BCUT2D eigenvalue weighted by atomic mass is 16.5. The first-order valence-corrected chi connectivity index (χ1v) is 6.74. The molecule has 1 aromatic carbocycles. The number of hydrogen-bond acceptors (Lipinski definition) is 2. The zero-order chi connectivity index (χ0) is 13.6. The van der Waals surface area contributed by atoms with E-state index in [1.807, 2.05) is 7.05 Å². The summed E-state index contributed by atoms with van der Waals surface area (Å²) >= 11 is 0. The number of rotatable bonds is 6. The number of likely N-dealkylation sites (N-methyl/N-ethyl adjacent to an activating group) is 1. The Labute approximate surface area is 112 Å². The minimum absolute atomic E-state index is 0.283. The summed E-state index contributed by atoms with van der Waals surface area (Å²) in [6, 6.07) is 8.76. The number of hydrogen-bond donors (Lipinski definition) is 1. The lowest BCUT2D eigenvalue weighted by molar-refractivity contribution is 0.0913. The van der Waals surface area contributed by atoms with Crippen LogP contribution in [-0.4, -0.2) is 20.3 Å². The zero-order valence-corrected chi connectivity index (χ0v) is 12.4. The van der Waals surface area contributed by atoms with Gasteiger partial charge in [-0.2, -0.15) is 0 Å². The van der Waals surface area contributed by atoms with Crippen LogP contribution in [0.2, 0.25) is 0 Å². The molecule has 0 saturated carbocycles. The average Bonchev–Trinajstić information content (AvgIpc) is 2.29. The van der Waals surface area contributed by atoms with Crippen molar-refractivity contribution in [2.75, 3.05) is 20.3 Å². The van der Waals surface area contributed by atoms with Gasteiger partial charge in [0.05, 0.1) is 12.6 Å². The summed E-state index contributed by atoms with van der Waals surface area (Å²) in [5.41, 5.74) is 2.99. The molecule has 0 aliphatic rings. The molecule has 0 aromatic heterocycles. The van der Waals surface area contributed by atoms with Crippen LogP contribution >= 0.6 is 0 Å². The Morgan fingerprint density at radius 2 is 1.89 bits per heavy atom. The largest absolute Gasteiger partial charge is 0.379 e. The molecule has 0 spiro atoms. The summed E-state index contributed by atoms with van der Waals surface area (Å²) < 4.78 is 5.81. The van der Waals surface area contributed by atoms with Crippen molar-refractivity contribution >= 4 is 0 Å². The van der Waals surface area contributed by atoms with Crippen LogP contribution in [0.1, 0.15) is 44.4 Å². The predicted molar refractivity (Wildman–Crippen MR) is 77.9 cm³/mol. The van der Waals surface area contributed by atoms with Gasteiger partial charge in [0.15, 0.2) is 0 Å². The second kappa shape index (κ2) is 6.91. The third kappa shape index (κ3) is 5.19. The molecule has 18 heavy (non-hydrogen) atoms. The normalized spacial score (nSPS) is 13.6. The fourth-order valence-electron chi connectivity index (χ4n) is 1.89. The molecular formula is C16H27NO. The summed E-state index contributed by atoms with van der Waals surface area (Å²) in [6.45, 7) is 10.4. The lowest BCUT2D eigenvalue weighted by Gasteiger charge is -2.21. The van der Waals surface area contributed by atoms with E-state index in [-0.39, 0.29) is 6.04 Å². The molecule has 1 rings (SSSR count). The summed E-state index contributed by atoms with van der Waals surface area (Å²) in [5.74, 6) is 0. The quantitative estimate of drug-likeness (QED) is 0.776. The summed E-state index contributed by atoms with van der Waals surface area (Å²) in [6.07, 6.45) is 1.09. The van der Waals surface area contributed by atoms with E-state index in [2.05, 4.69) is 57.3 Å². The Morgan fingerprint density at radius 1 is 1.22 bits per heavy atom. The van der Waals surface area contributed by atoms with Crippen LogP contribution in [-0.2, 0) is 4.74 Å². The van der Waals surface area contributed by atoms with E-state index < -0.39 is 0 Å². The third-order valence-corrected chi connectivity index (χ3v) is 3.19. The molecule has 2 nitrogen and oxygen atoms in total. The van der Waals surface area contributed by atoms with Crippen molar-refractivity contribution < 1.29 is 4.74 Å². The van der Waals surface area contributed by atoms with Gasteiger partial charge in [0.2, 0.25) is 0 Å². The van der Waals surface area contributed by atoms with Crippen molar-refractivity contribution in [3.05, 3.63) is 35.4 Å². The molecule has 0 saturated heterocycles. The first-order valence-electron chi connectivity index (χ1n) is 6.74. The topological polar surface area (TPSA) is 21.3 Å². The predicted octanol–water partition coefficient (Wildman–Crippen LogP) is 3.71. The molecule has 0 aliphatic heterocycles. The second-order valence-electron chi connectivity index (χ2n) is 6.08. The van der Waals surface area contributed by atoms with Gasteiger partial charge in [-0.3, -0.25) is 0 Å². The highest BCUT2D eigenvalue weighted by Gasteiger charge is 2.13. The van der Waals surface area contributed by atoms with Gasteiger partial charge in [-0.25, -0.2) is 0 Å². The average molecular weight is 249 g/mol. The van der Waals surface area contributed by atoms with Gasteiger partial charge < -0.3 is 10.1 Å². The van der Waals surface area contributed by atoms with Crippen molar-refractivity contribution in [3.8, 4) is 0 Å². The van der Waals surface area contributed by atoms with Crippen LogP contribution in [0.25, 0.3) is 0 Å². The van der Waals surface area contributed by atoms with Gasteiger partial charge in [0.1, 0.15) is 0 Å². The SMILES string of the molecule is CNC(COCCC(C)(C)C)c1ccccc1C. The highest BCUT2D eigenvalue weighted by Crippen LogP contribution is 2.20. The summed E-state index contributed by atoms with van der Waals surface area (Å²) in [4.78, 5) is 0. The maximum absolute atomic E-state index is 5.81. The number of benzene rings is 1. The number of ether oxygens (including phenoxy) is 1. The Kier molecular flexibility index (Phi) is 5.83. The monoisotopic (exact) mass is 249 g/mol. The molecular weight excluding hydrogens is 222 g/mol. The van der Waals surface area contributed by atoms with Gasteiger partial charge >= 0.3 is 0 Å². The van der Waals surface area contributed by atoms with Crippen molar-refractivity contribution in [1.82, 2.24) is 5.32 Å². The molecule has 0 heterocycles. The smallest absolute Gasteiger partial charge is 0.0661 e. The number of nitrogens with one attached hydrogen (secondary N) is 1. The molecule has 0 radical (unpaired) electrons. The molecule has 0 aliphatic carbocycles. The first kappa shape index (κ1) is 15.2. The van der Waals surface area contributed by atoms with Crippen molar-refractivity contribution in [1.29, 1.82) is 0 Å². The van der Waals surface area contributed by atoms with Gasteiger partial charge in [0, 0.05) is 6.61 Å². The lowest BCUT2D eigenvalue weighted by Crippen LogP contribution is -2.23. The van der Waals surface area contributed by atoms with Gasteiger partial charge in [-0.1, -0.05) is 45.0 Å². The number of aryl methyl sites for hydroxylation is 1. The zero-order valence-electron chi connectivity index (χ0n) is 12.4. The Bertz CT molecular complexity index is 354. The van der Waals surface area contributed by atoms with Crippen LogP contribution in [0.15, 0.2) is 24.3 Å². The fourth-order valence-corrected chi connectivity index (χ4v) is 1.89. The van der Waals surface area contributed by atoms with Crippen LogP contribution in [0, 0.1) is 12.3 Å². The molecule has 1 unspecified atom stereocenters. The van der Waals surface area contributed by atoms with E-state index in [0.717, 1.165) is 19.6 Å². The molecule has 0 amide bonds. The van der Waals surface area contributed by atoms with Gasteiger partial charge in [0.25, 0.3) is 0 Å². The molecule has 2 heteroatoms. The molecule has 1 aromatic rings. The van der Waals surface area contributed by atoms with Crippen LogP contribution < -0.4 is 5.32 Å². The minimum Gasteiger partial charge on any atom is -0.379 e. The minimum atomic E-state index is 0.283. The maximum atomic E-state index is 5.81. The molecule has 0 bridgehead atoms. The van der Waals surface area contributed by atoms with Gasteiger partial charge in [-0.15, -0.1) is 0 Å². The fraction of sp³-hybridized carbons (Fsp3) is 0.625. The molecule has 1 atom stereocenters. The molecule has 1 N–H and O–H groups in total. The lowest BCUT2D eigenvalue weighted by atomic mass is 9.93. The highest BCUT2D eigenvalue weighted by molar-refractivity contribution is 5.28. The van der Waals surface area contributed by atoms with E-state index in [1.54, 1.807) is 0 Å². The standard InChI is InChI=1S/C16H27NO/c1-13-8-6-7-9-14(13)15(17-5)12-18-11-10-16(2,3)4/h6-9,15,17H,10-12H2,1-5H3. The Morgan fingerprint density at radius 3 is 2.44 bits per heavy atom. The Balaban J connectivity index is 2.46. The van der Waals surface area contributed by atoms with E-state index in [1.165, 1.54) is 11.1 Å². The Hall–Kier alpha value is -0.860. The van der Waals surface area contributed by atoms with Crippen molar-refractivity contribution in [2.45, 2.75) is 40.2 Å². The van der Waals surface area contributed by atoms with E-state index in [4.69, 9.17) is 4.74 Å². The summed E-state index contributed by atoms with van der Waals surface area (Å²) in [5, 5.41) is 3.33. The molecule has 0 fully saturated rings. The van der Waals surface area contributed by atoms with E-state index >= 15 is 0 Å². The van der Waals surface area contributed by atoms with E-state index in [0.29, 0.717) is 5.41 Å². The van der Waals surface area contributed by atoms with Crippen molar-refractivity contribution in [3.63, 3.8) is 0 Å². The summed E-state index contributed by atoms with van der Waals surface area (Å²) in [7, 11) is 1.99. The van der Waals surface area contributed by atoms with Crippen LogP contribution in [0.3, 0.4) is 0 Å². The second-order valence-corrected chi connectivity index (χ2v) is 6.08. The van der Waals surface area contributed by atoms with Gasteiger partial charge in [-0.05, 0) is 36.9 Å².